The van der Waals surface area contributed by atoms with Crippen molar-refractivity contribution in [3.05, 3.63) is 35.9 Å². The lowest BCUT2D eigenvalue weighted by Crippen LogP contribution is -2.44. The molecule has 1 aromatic carbocycles. The van der Waals surface area contributed by atoms with Crippen molar-refractivity contribution in [3.63, 3.8) is 0 Å². The van der Waals surface area contributed by atoms with E-state index in [1.807, 2.05) is 30.3 Å². The molecule has 1 fully saturated rings. The Hall–Kier alpha value is -1.88. The van der Waals surface area contributed by atoms with Crippen LogP contribution < -0.4 is 0 Å². The molecule has 0 amide bonds. The van der Waals surface area contributed by atoms with Crippen LogP contribution in [0.2, 0.25) is 0 Å². The average Bonchev–Trinajstić information content (AvgIpc) is 2.40. The highest BCUT2D eigenvalue weighted by atomic mass is 16.6. The quantitative estimate of drug-likeness (QED) is 0.748. The molecule has 1 aliphatic heterocycles. The third kappa shape index (κ3) is 3.07. The molecule has 2 atom stereocenters. The molecule has 0 radical (unpaired) electrons. The predicted octanol–water partition coefficient (Wildman–Crippen LogP) is 1.06. The molecule has 5 nitrogen and oxygen atoms in total. The number of cyclic esters (lactones) is 2. The summed E-state index contributed by atoms with van der Waals surface area (Å²) < 4.78 is 15.1. The maximum Gasteiger partial charge on any atom is 0.350 e. The summed E-state index contributed by atoms with van der Waals surface area (Å²) in [4.78, 5) is 22.5. The minimum absolute atomic E-state index is 0.319. The summed E-state index contributed by atoms with van der Waals surface area (Å²) in [6, 6.07) is 9.54. The number of carbonyl (C=O) groups is 2. The van der Waals surface area contributed by atoms with Crippen molar-refractivity contribution in [1.29, 1.82) is 0 Å². The largest absolute Gasteiger partial charge is 0.451 e. The third-order valence-electron chi connectivity index (χ3n) is 2.61. The van der Waals surface area contributed by atoms with Crippen LogP contribution in [0.5, 0.6) is 0 Å². The normalized spacial score (nSPS) is 21.1. The van der Waals surface area contributed by atoms with Gasteiger partial charge in [0.2, 0.25) is 6.10 Å². The van der Waals surface area contributed by atoms with Crippen LogP contribution in [0.3, 0.4) is 0 Å². The maximum absolute atomic E-state index is 11.4. The van der Waals surface area contributed by atoms with Gasteiger partial charge in [0.25, 0.3) is 0 Å². The molecule has 1 heterocycles. The first-order chi connectivity index (χ1) is 8.66. The lowest BCUT2D eigenvalue weighted by molar-refractivity contribution is -0.194. The van der Waals surface area contributed by atoms with Crippen LogP contribution in [0.4, 0.5) is 0 Å². The number of carbonyl (C=O) groups excluding carboxylic acids is 2. The lowest BCUT2D eigenvalue weighted by atomic mass is 10.2. The first-order valence-electron chi connectivity index (χ1n) is 5.68. The van der Waals surface area contributed by atoms with Gasteiger partial charge < -0.3 is 14.2 Å². The molecular weight excluding hydrogens is 236 g/mol. The van der Waals surface area contributed by atoms with E-state index in [0.29, 0.717) is 6.61 Å². The van der Waals surface area contributed by atoms with Gasteiger partial charge in [0.15, 0.2) is 6.61 Å². The molecule has 0 spiro atoms. The summed E-state index contributed by atoms with van der Waals surface area (Å²) in [5.74, 6) is -1.11. The second-order valence-electron chi connectivity index (χ2n) is 4.02. The molecule has 0 N–H and O–H groups in total. The predicted molar refractivity (Wildman–Crippen MR) is 61.5 cm³/mol. The van der Waals surface area contributed by atoms with E-state index in [2.05, 4.69) is 4.74 Å². The highest BCUT2D eigenvalue weighted by Crippen LogP contribution is 2.13. The Morgan fingerprint density at radius 3 is 2.78 bits per heavy atom. The molecule has 0 saturated carbocycles. The highest BCUT2D eigenvalue weighted by molar-refractivity contribution is 5.85. The van der Waals surface area contributed by atoms with Crippen molar-refractivity contribution in [2.75, 3.05) is 6.61 Å². The third-order valence-corrected chi connectivity index (χ3v) is 2.61. The van der Waals surface area contributed by atoms with Gasteiger partial charge in [-0.1, -0.05) is 30.3 Å². The number of esters is 2. The summed E-state index contributed by atoms with van der Waals surface area (Å²) in [5, 5.41) is 0. The molecule has 96 valence electrons. The van der Waals surface area contributed by atoms with Crippen LogP contribution in [0.25, 0.3) is 0 Å². The van der Waals surface area contributed by atoms with E-state index in [1.54, 1.807) is 6.92 Å². The van der Waals surface area contributed by atoms with Gasteiger partial charge >= 0.3 is 11.9 Å². The Bertz CT molecular complexity index is 428. The fourth-order valence-corrected chi connectivity index (χ4v) is 1.61. The van der Waals surface area contributed by atoms with Gasteiger partial charge in [0.1, 0.15) is 6.10 Å². The van der Waals surface area contributed by atoms with Crippen LogP contribution >= 0.6 is 0 Å². The Labute approximate surface area is 105 Å². The molecule has 0 aromatic heterocycles. The zero-order valence-corrected chi connectivity index (χ0v) is 10.00. The summed E-state index contributed by atoms with van der Waals surface area (Å²) in [6.07, 6.45) is -1.52. The SMILES string of the molecule is C[C@H](OCc1ccccc1)C1OC(=O)COC1=O. The first kappa shape index (κ1) is 12.6. The van der Waals surface area contributed by atoms with Crippen molar-refractivity contribution in [2.45, 2.75) is 25.7 Å². The van der Waals surface area contributed by atoms with E-state index in [4.69, 9.17) is 9.47 Å². The second-order valence-corrected chi connectivity index (χ2v) is 4.02. The van der Waals surface area contributed by atoms with E-state index in [-0.39, 0.29) is 6.61 Å². The second kappa shape index (κ2) is 5.64. The van der Waals surface area contributed by atoms with Gasteiger partial charge in [0, 0.05) is 0 Å². The van der Waals surface area contributed by atoms with Gasteiger partial charge in [-0.15, -0.1) is 0 Å². The van der Waals surface area contributed by atoms with Crippen molar-refractivity contribution in [2.24, 2.45) is 0 Å². The fourth-order valence-electron chi connectivity index (χ4n) is 1.61. The molecule has 18 heavy (non-hydrogen) atoms. The van der Waals surface area contributed by atoms with E-state index < -0.39 is 24.1 Å². The molecule has 5 heteroatoms. The Morgan fingerprint density at radius 2 is 2.06 bits per heavy atom. The van der Waals surface area contributed by atoms with Crippen LogP contribution in [-0.4, -0.2) is 30.8 Å². The Morgan fingerprint density at radius 1 is 1.33 bits per heavy atom. The molecule has 1 saturated heterocycles. The number of hydrogen-bond acceptors (Lipinski definition) is 5. The fraction of sp³-hybridized carbons (Fsp3) is 0.385. The molecule has 0 aliphatic carbocycles. The summed E-state index contributed by atoms with van der Waals surface area (Å²) in [5.41, 5.74) is 0.986. The number of ether oxygens (including phenoxy) is 3. The van der Waals surface area contributed by atoms with Gasteiger partial charge in [0.05, 0.1) is 6.61 Å². The average molecular weight is 250 g/mol. The zero-order chi connectivity index (χ0) is 13.0. The van der Waals surface area contributed by atoms with Crippen molar-refractivity contribution >= 4 is 11.9 Å². The van der Waals surface area contributed by atoms with Crippen LogP contribution in [0.1, 0.15) is 12.5 Å². The van der Waals surface area contributed by atoms with E-state index in [0.717, 1.165) is 5.56 Å². The minimum Gasteiger partial charge on any atom is -0.451 e. The first-order valence-corrected chi connectivity index (χ1v) is 5.68. The molecule has 1 aliphatic rings. The van der Waals surface area contributed by atoms with Crippen molar-refractivity contribution < 1.29 is 23.8 Å². The summed E-state index contributed by atoms with van der Waals surface area (Å²) in [6.45, 7) is 1.71. The highest BCUT2D eigenvalue weighted by Gasteiger charge is 2.35. The Balaban J connectivity index is 1.89. The van der Waals surface area contributed by atoms with E-state index in [9.17, 15) is 9.59 Å². The monoisotopic (exact) mass is 250 g/mol. The number of hydrogen-bond donors (Lipinski definition) is 0. The van der Waals surface area contributed by atoms with Crippen LogP contribution in [0.15, 0.2) is 30.3 Å². The van der Waals surface area contributed by atoms with Gasteiger partial charge in [-0.05, 0) is 12.5 Å². The van der Waals surface area contributed by atoms with E-state index >= 15 is 0 Å². The van der Waals surface area contributed by atoms with Crippen molar-refractivity contribution in [1.82, 2.24) is 0 Å². The minimum atomic E-state index is -0.977. The number of rotatable bonds is 4. The summed E-state index contributed by atoms with van der Waals surface area (Å²) >= 11 is 0. The maximum atomic E-state index is 11.4. The smallest absolute Gasteiger partial charge is 0.350 e. The lowest BCUT2D eigenvalue weighted by Gasteiger charge is -2.26. The molecule has 1 unspecified atom stereocenters. The molecule has 0 bridgehead atoms. The molecule has 1 aromatic rings. The van der Waals surface area contributed by atoms with Gasteiger partial charge in [-0.25, -0.2) is 9.59 Å². The molecular formula is C13H14O5. The van der Waals surface area contributed by atoms with Crippen LogP contribution in [0, 0.1) is 0 Å². The van der Waals surface area contributed by atoms with Crippen LogP contribution in [-0.2, 0) is 30.4 Å². The standard InChI is InChI=1S/C13H14O5/c1-9(12-13(15)17-8-11(14)18-12)16-7-10-5-3-2-4-6-10/h2-6,9,12H,7-8H2,1H3/t9-,12?/m0/s1. The van der Waals surface area contributed by atoms with Crippen molar-refractivity contribution in [3.8, 4) is 0 Å². The topological polar surface area (TPSA) is 61.8 Å². The molecule has 2 rings (SSSR count). The zero-order valence-electron chi connectivity index (χ0n) is 10.00. The van der Waals surface area contributed by atoms with E-state index in [1.165, 1.54) is 0 Å². The van der Waals surface area contributed by atoms with Gasteiger partial charge in [-0.3, -0.25) is 0 Å². The Kier molecular flexibility index (Phi) is 3.94. The number of benzene rings is 1. The summed E-state index contributed by atoms with van der Waals surface area (Å²) in [7, 11) is 0. The van der Waals surface area contributed by atoms with Gasteiger partial charge in [-0.2, -0.15) is 0 Å².